The molecular formula is C10H13NO5S2. The number of aliphatic hydroxyl groups excluding tert-OH is 2. The molecule has 2 atom stereocenters. The number of amides is 1. The summed E-state index contributed by atoms with van der Waals surface area (Å²) in [5, 5.41) is 27.8. The molecule has 0 aromatic rings. The van der Waals surface area contributed by atoms with Gasteiger partial charge in [0, 0.05) is 5.75 Å². The van der Waals surface area contributed by atoms with Crippen molar-refractivity contribution in [3.63, 3.8) is 0 Å². The lowest BCUT2D eigenvalue weighted by Gasteiger charge is -2.48. The van der Waals surface area contributed by atoms with Crippen LogP contribution in [0.2, 0.25) is 0 Å². The largest absolute Gasteiger partial charge is 0.477 e. The number of hydrogen-bond acceptors (Lipinski definition) is 6. The molecule has 1 saturated heterocycles. The van der Waals surface area contributed by atoms with Gasteiger partial charge in [0.25, 0.3) is 0 Å². The van der Waals surface area contributed by atoms with E-state index in [1.165, 1.54) is 28.4 Å². The number of fused-ring (bicyclic) bond motifs is 1. The molecule has 18 heavy (non-hydrogen) atoms. The third kappa shape index (κ3) is 1.83. The van der Waals surface area contributed by atoms with Crippen LogP contribution >= 0.6 is 23.5 Å². The van der Waals surface area contributed by atoms with Crippen molar-refractivity contribution in [1.82, 2.24) is 4.90 Å². The van der Waals surface area contributed by atoms with E-state index in [-0.39, 0.29) is 24.6 Å². The van der Waals surface area contributed by atoms with Gasteiger partial charge in [0.2, 0.25) is 5.91 Å². The van der Waals surface area contributed by atoms with Gasteiger partial charge in [-0.25, -0.2) is 4.79 Å². The van der Waals surface area contributed by atoms with Gasteiger partial charge in [0.05, 0.1) is 23.4 Å². The number of aliphatic hydroxyl groups is 2. The van der Waals surface area contributed by atoms with E-state index >= 15 is 0 Å². The monoisotopic (exact) mass is 291 g/mol. The number of carboxylic acid groups (broad SMARTS) is 1. The van der Waals surface area contributed by atoms with Gasteiger partial charge in [-0.15, -0.1) is 11.8 Å². The lowest BCUT2D eigenvalue weighted by Crippen LogP contribution is -2.64. The van der Waals surface area contributed by atoms with Crippen LogP contribution in [0.25, 0.3) is 0 Å². The molecule has 100 valence electrons. The number of thioether (sulfide) groups is 2. The number of hydrogen-bond donors (Lipinski definition) is 3. The molecule has 0 bridgehead atoms. The van der Waals surface area contributed by atoms with Crippen molar-refractivity contribution in [2.45, 2.75) is 24.3 Å². The molecule has 1 fully saturated rings. The predicted octanol–water partition coefficient (Wildman–Crippen LogP) is 0.0218. The molecule has 8 heteroatoms. The fourth-order valence-corrected chi connectivity index (χ4v) is 4.79. The number of nitrogens with zero attached hydrogens (tertiary/aromatic N) is 1. The maximum Gasteiger partial charge on any atom is 0.354 e. The average Bonchev–Trinajstić information content (AvgIpc) is 2.56. The summed E-state index contributed by atoms with van der Waals surface area (Å²) in [5.41, 5.74) is -0.0735. The van der Waals surface area contributed by atoms with Gasteiger partial charge >= 0.3 is 5.97 Å². The standard InChI is InChI=1S/C10H13NO5S2/c1-5(13)10-4-6(14)11(10)7(8(15)16)9(18-10)17-3-2-12/h5,12-13H,2-4H2,1H3,(H,15,16). The van der Waals surface area contributed by atoms with Gasteiger partial charge in [0.15, 0.2) is 5.70 Å². The zero-order chi connectivity index (χ0) is 13.5. The van der Waals surface area contributed by atoms with Crippen molar-refractivity contribution in [2.24, 2.45) is 0 Å². The summed E-state index contributed by atoms with van der Waals surface area (Å²) in [4.78, 5) is 23.2. The molecule has 0 aromatic carbocycles. The van der Waals surface area contributed by atoms with Crippen LogP contribution in [-0.4, -0.2) is 55.4 Å². The van der Waals surface area contributed by atoms with E-state index in [2.05, 4.69) is 0 Å². The number of carbonyl (C=O) groups excluding carboxylic acids is 1. The van der Waals surface area contributed by atoms with Crippen LogP contribution in [0.1, 0.15) is 13.3 Å². The fourth-order valence-electron chi connectivity index (χ4n) is 2.03. The van der Waals surface area contributed by atoms with Crippen LogP contribution in [0.5, 0.6) is 0 Å². The van der Waals surface area contributed by atoms with Crippen LogP contribution in [-0.2, 0) is 9.59 Å². The van der Waals surface area contributed by atoms with Crippen LogP contribution in [0.4, 0.5) is 0 Å². The quantitative estimate of drug-likeness (QED) is 0.614. The zero-order valence-corrected chi connectivity index (χ0v) is 11.3. The summed E-state index contributed by atoms with van der Waals surface area (Å²) in [7, 11) is 0. The summed E-state index contributed by atoms with van der Waals surface area (Å²) in [6.45, 7) is 1.48. The number of carboxylic acids is 1. The van der Waals surface area contributed by atoms with Crippen molar-refractivity contribution in [3.05, 3.63) is 9.93 Å². The van der Waals surface area contributed by atoms with E-state index in [1.54, 1.807) is 6.92 Å². The smallest absolute Gasteiger partial charge is 0.354 e. The SMILES string of the molecule is CC(O)C12CC(=O)N1C(C(=O)O)=C(SCCO)S2. The topological polar surface area (TPSA) is 98.1 Å². The summed E-state index contributed by atoms with van der Waals surface area (Å²) in [5.74, 6) is -1.12. The molecule has 2 heterocycles. The lowest BCUT2D eigenvalue weighted by molar-refractivity contribution is -0.155. The van der Waals surface area contributed by atoms with Gasteiger partial charge in [-0.1, -0.05) is 11.8 Å². The van der Waals surface area contributed by atoms with Crippen LogP contribution in [0.15, 0.2) is 9.93 Å². The molecule has 2 rings (SSSR count). The Morgan fingerprint density at radius 1 is 1.67 bits per heavy atom. The Morgan fingerprint density at radius 2 is 2.33 bits per heavy atom. The molecule has 0 saturated carbocycles. The van der Waals surface area contributed by atoms with Gasteiger partial charge < -0.3 is 15.3 Å². The van der Waals surface area contributed by atoms with Gasteiger partial charge in [0.1, 0.15) is 4.87 Å². The van der Waals surface area contributed by atoms with E-state index in [0.29, 0.717) is 9.99 Å². The average molecular weight is 291 g/mol. The van der Waals surface area contributed by atoms with Gasteiger partial charge in [-0.2, -0.15) is 0 Å². The van der Waals surface area contributed by atoms with E-state index in [4.69, 9.17) is 5.11 Å². The number of β-lactam (4-membered cyclic amide) rings is 1. The Balaban J connectivity index is 2.33. The highest BCUT2D eigenvalue weighted by Gasteiger charge is 2.62. The van der Waals surface area contributed by atoms with E-state index in [1.807, 2.05) is 0 Å². The third-order valence-corrected chi connectivity index (χ3v) is 5.74. The minimum Gasteiger partial charge on any atom is -0.477 e. The molecule has 2 aliphatic rings. The Bertz CT molecular complexity index is 436. The van der Waals surface area contributed by atoms with Crippen LogP contribution in [0.3, 0.4) is 0 Å². The van der Waals surface area contributed by atoms with E-state index < -0.39 is 16.9 Å². The van der Waals surface area contributed by atoms with Crippen molar-refractivity contribution < 1.29 is 24.9 Å². The summed E-state index contributed by atoms with van der Waals surface area (Å²) >= 11 is 2.39. The molecule has 0 spiro atoms. The molecule has 0 aromatic heterocycles. The Kier molecular flexibility index (Phi) is 3.63. The first-order valence-electron chi connectivity index (χ1n) is 5.35. The van der Waals surface area contributed by atoms with Crippen LogP contribution in [0, 0.1) is 0 Å². The fraction of sp³-hybridized carbons (Fsp3) is 0.600. The Hall–Kier alpha value is -0.700. The highest BCUT2D eigenvalue weighted by atomic mass is 32.2. The van der Waals surface area contributed by atoms with Crippen molar-refractivity contribution in [1.29, 1.82) is 0 Å². The maximum atomic E-state index is 11.6. The van der Waals surface area contributed by atoms with E-state index in [9.17, 15) is 19.8 Å². The van der Waals surface area contributed by atoms with Gasteiger partial charge in [-0.05, 0) is 6.92 Å². The lowest BCUT2D eigenvalue weighted by atomic mass is 9.95. The normalized spacial score (nSPS) is 28.2. The third-order valence-electron chi connectivity index (χ3n) is 2.90. The highest BCUT2D eigenvalue weighted by Crippen LogP contribution is 2.59. The number of carbonyl (C=O) groups is 2. The Morgan fingerprint density at radius 3 is 2.78 bits per heavy atom. The first-order valence-corrected chi connectivity index (χ1v) is 7.15. The van der Waals surface area contributed by atoms with Crippen LogP contribution < -0.4 is 0 Å². The summed E-state index contributed by atoms with van der Waals surface area (Å²) in [6.07, 6.45) is -0.684. The second-order valence-corrected chi connectivity index (χ2v) is 6.72. The summed E-state index contributed by atoms with van der Waals surface area (Å²) in [6, 6.07) is 0. The number of rotatable bonds is 5. The zero-order valence-electron chi connectivity index (χ0n) is 9.62. The molecule has 6 nitrogen and oxygen atoms in total. The van der Waals surface area contributed by atoms with Crippen molar-refractivity contribution >= 4 is 35.4 Å². The molecular weight excluding hydrogens is 278 g/mol. The Labute approximate surface area is 112 Å². The number of aliphatic carboxylic acids is 1. The van der Waals surface area contributed by atoms with Crippen molar-refractivity contribution in [2.75, 3.05) is 12.4 Å². The first kappa shape index (κ1) is 13.7. The molecule has 0 aliphatic carbocycles. The minimum atomic E-state index is -1.18. The molecule has 3 N–H and O–H groups in total. The maximum absolute atomic E-state index is 11.6. The highest BCUT2D eigenvalue weighted by molar-refractivity contribution is 8.23. The van der Waals surface area contributed by atoms with Crippen molar-refractivity contribution in [3.8, 4) is 0 Å². The van der Waals surface area contributed by atoms with E-state index in [0.717, 1.165) is 0 Å². The van der Waals surface area contributed by atoms with Gasteiger partial charge in [-0.3, -0.25) is 9.69 Å². The second kappa shape index (κ2) is 4.76. The molecule has 2 unspecified atom stereocenters. The molecule has 2 aliphatic heterocycles. The molecule has 1 amide bonds. The first-order chi connectivity index (χ1) is 8.44. The molecule has 0 radical (unpaired) electrons. The predicted molar refractivity (Wildman–Crippen MR) is 67.7 cm³/mol. The summed E-state index contributed by atoms with van der Waals surface area (Å²) < 4.78 is 0.475. The minimum absolute atomic E-state index is 0.0722. The second-order valence-electron chi connectivity index (χ2n) is 4.04.